The molecule has 0 aromatic heterocycles. The summed E-state index contributed by atoms with van der Waals surface area (Å²) < 4.78 is 0. The quantitative estimate of drug-likeness (QED) is 0.819. The molecule has 1 aromatic rings. The van der Waals surface area contributed by atoms with Crippen LogP contribution in [0, 0.1) is 5.92 Å². The zero-order valence-corrected chi connectivity index (χ0v) is 10.2. The number of thioether (sulfide) groups is 1. The van der Waals surface area contributed by atoms with Crippen molar-refractivity contribution < 1.29 is 9.90 Å². The van der Waals surface area contributed by atoms with Gasteiger partial charge < -0.3 is 5.11 Å². The van der Waals surface area contributed by atoms with E-state index in [2.05, 4.69) is 13.8 Å². The summed E-state index contributed by atoms with van der Waals surface area (Å²) in [4.78, 5) is 11.7. The summed E-state index contributed by atoms with van der Waals surface area (Å²) in [5.41, 5.74) is 0.158. The summed E-state index contributed by atoms with van der Waals surface area (Å²) in [7, 11) is 0. The number of halogens is 1. The largest absolute Gasteiger partial charge is 0.478 e. The molecule has 15 heavy (non-hydrogen) atoms. The smallest absolute Gasteiger partial charge is 0.337 e. The van der Waals surface area contributed by atoms with Crippen LogP contribution in [0.15, 0.2) is 23.1 Å². The fourth-order valence-corrected chi connectivity index (χ4v) is 2.24. The van der Waals surface area contributed by atoms with E-state index in [1.165, 1.54) is 0 Å². The molecule has 1 aromatic carbocycles. The van der Waals surface area contributed by atoms with Crippen molar-refractivity contribution in [2.24, 2.45) is 5.92 Å². The Balaban J connectivity index is 2.78. The van der Waals surface area contributed by atoms with E-state index in [1.807, 2.05) is 0 Å². The summed E-state index contributed by atoms with van der Waals surface area (Å²) in [5, 5.41) is 9.09. The molecule has 0 fully saturated rings. The van der Waals surface area contributed by atoms with Crippen LogP contribution in [0.5, 0.6) is 0 Å². The maximum absolute atomic E-state index is 10.7. The Bertz CT molecular complexity index is 364. The summed E-state index contributed by atoms with van der Waals surface area (Å²) in [5.74, 6) is 0.622. The molecule has 0 aliphatic rings. The lowest BCUT2D eigenvalue weighted by molar-refractivity contribution is 0.0697. The molecule has 0 aliphatic heterocycles. The molecular weight excluding hydrogens is 232 g/mol. The molecule has 0 radical (unpaired) electrons. The third kappa shape index (κ3) is 3.76. The zero-order valence-electron chi connectivity index (χ0n) is 8.66. The Kier molecular flexibility index (Phi) is 4.48. The highest BCUT2D eigenvalue weighted by Crippen LogP contribution is 2.26. The van der Waals surface area contributed by atoms with Gasteiger partial charge in [-0.15, -0.1) is 11.8 Å². The summed E-state index contributed by atoms with van der Waals surface area (Å²) in [6.45, 7) is 4.28. The average molecular weight is 245 g/mol. The standard InChI is InChI=1S/C11H13ClO2S/c1-7(2)6-15-8-3-4-9(11(13)14)10(12)5-8/h3-5,7H,6H2,1-2H3,(H,13,14). The minimum Gasteiger partial charge on any atom is -0.478 e. The number of hydrogen-bond acceptors (Lipinski definition) is 2. The van der Waals surface area contributed by atoms with E-state index < -0.39 is 5.97 Å². The number of hydrogen-bond donors (Lipinski definition) is 1. The predicted molar refractivity (Wildman–Crippen MR) is 64.0 cm³/mol. The second kappa shape index (κ2) is 5.42. The Hall–Kier alpha value is -0.670. The van der Waals surface area contributed by atoms with E-state index in [4.69, 9.17) is 16.7 Å². The zero-order chi connectivity index (χ0) is 11.4. The molecular formula is C11H13ClO2S. The number of aromatic carboxylic acids is 1. The third-order valence-corrected chi connectivity index (χ3v) is 3.49. The molecule has 0 saturated heterocycles. The van der Waals surface area contributed by atoms with Gasteiger partial charge in [0.25, 0.3) is 0 Å². The van der Waals surface area contributed by atoms with Crippen LogP contribution in [0.3, 0.4) is 0 Å². The Morgan fingerprint density at radius 1 is 1.53 bits per heavy atom. The van der Waals surface area contributed by atoms with Gasteiger partial charge in [0.1, 0.15) is 0 Å². The van der Waals surface area contributed by atoms with Gasteiger partial charge in [-0.2, -0.15) is 0 Å². The second-order valence-corrected chi connectivity index (χ2v) is 5.15. The van der Waals surface area contributed by atoms with E-state index in [0.717, 1.165) is 10.6 Å². The Morgan fingerprint density at radius 3 is 2.67 bits per heavy atom. The molecule has 0 unspecified atom stereocenters. The molecule has 4 heteroatoms. The van der Waals surface area contributed by atoms with Crippen LogP contribution in [0.4, 0.5) is 0 Å². The normalized spacial score (nSPS) is 10.7. The van der Waals surface area contributed by atoms with Gasteiger partial charge in [0.05, 0.1) is 10.6 Å². The van der Waals surface area contributed by atoms with Crippen molar-refractivity contribution in [3.8, 4) is 0 Å². The SMILES string of the molecule is CC(C)CSc1ccc(C(=O)O)c(Cl)c1. The third-order valence-electron chi connectivity index (χ3n) is 1.75. The summed E-state index contributed by atoms with van der Waals surface area (Å²) in [6, 6.07) is 5.05. The minimum absolute atomic E-state index is 0.158. The fourth-order valence-electron chi connectivity index (χ4n) is 1.02. The number of carbonyl (C=O) groups is 1. The highest BCUT2D eigenvalue weighted by Gasteiger charge is 2.09. The molecule has 0 atom stereocenters. The van der Waals surface area contributed by atoms with Gasteiger partial charge in [-0.1, -0.05) is 25.4 Å². The van der Waals surface area contributed by atoms with Gasteiger partial charge in [-0.05, 0) is 24.1 Å². The Labute approximate surface area is 98.6 Å². The van der Waals surface area contributed by atoms with Crippen LogP contribution < -0.4 is 0 Å². The van der Waals surface area contributed by atoms with E-state index in [1.54, 1.807) is 30.0 Å². The average Bonchev–Trinajstić information content (AvgIpc) is 2.14. The van der Waals surface area contributed by atoms with E-state index in [9.17, 15) is 4.79 Å². The van der Waals surface area contributed by atoms with E-state index >= 15 is 0 Å². The highest BCUT2D eigenvalue weighted by molar-refractivity contribution is 7.99. The number of carboxylic acids is 1. The lowest BCUT2D eigenvalue weighted by Gasteiger charge is -2.06. The lowest BCUT2D eigenvalue weighted by atomic mass is 10.2. The van der Waals surface area contributed by atoms with Gasteiger partial charge in [0.15, 0.2) is 0 Å². The van der Waals surface area contributed by atoms with Crippen LogP contribution in [0.2, 0.25) is 5.02 Å². The van der Waals surface area contributed by atoms with Gasteiger partial charge in [0, 0.05) is 10.6 Å². The van der Waals surface area contributed by atoms with Crippen molar-refractivity contribution >= 4 is 29.3 Å². The lowest BCUT2D eigenvalue weighted by Crippen LogP contribution is -1.97. The Morgan fingerprint density at radius 2 is 2.20 bits per heavy atom. The second-order valence-electron chi connectivity index (χ2n) is 3.65. The predicted octanol–water partition coefficient (Wildman–Crippen LogP) is 3.79. The number of carboxylic acid groups (broad SMARTS) is 1. The van der Waals surface area contributed by atoms with Gasteiger partial charge >= 0.3 is 5.97 Å². The van der Waals surface area contributed by atoms with E-state index in [0.29, 0.717) is 10.9 Å². The van der Waals surface area contributed by atoms with Gasteiger partial charge in [-0.25, -0.2) is 4.79 Å². The molecule has 0 bridgehead atoms. The minimum atomic E-state index is -0.986. The van der Waals surface area contributed by atoms with Crippen molar-refractivity contribution in [3.05, 3.63) is 28.8 Å². The molecule has 0 heterocycles. The molecule has 2 nitrogen and oxygen atoms in total. The van der Waals surface area contributed by atoms with Crippen LogP contribution in [-0.4, -0.2) is 16.8 Å². The monoisotopic (exact) mass is 244 g/mol. The molecule has 0 spiro atoms. The first-order valence-electron chi connectivity index (χ1n) is 4.66. The first-order chi connectivity index (χ1) is 7.00. The summed E-state index contributed by atoms with van der Waals surface area (Å²) in [6.07, 6.45) is 0. The van der Waals surface area contributed by atoms with Crippen molar-refractivity contribution in [2.75, 3.05) is 5.75 Å². The van der Waals surface area contributed by atoms with Crippen molar-refractivity contribution in [3.63, 3.8) is 0 Å². The maximum Gasteiger partial charge on any atom is 0.337 e. The van der Waals surface area contributed by atoms with Crippen molar-refractivity contribution in [2.45, 2.75) is 18.7 Å². The first-order valence-corrected chi connectivity index (χ1v) is 6.02. The first kappa shape index (κ1) is 12.4. The fraction of sp³-hybridized carbons (Fsp3) is 0.364. The highest BCUT2D eigenvalue weighted by atomic mass is 35.5. The van der Waals surface area contributed by atoms with Gasteiger partial charge in [-0.3, -0.25) is 0 Å². The van der Waals surface area contributed by atoms with E-state index in [-0.39, 0.29) is 5.56 Å². The molecule has 0 aliphatic carbocycles. The van der Waals surface area contributed by atoms with Gasteiger partial charge in [0.2, 0.25) is 0 Å². The molecule has 0 amide bonds. The molecule has 1 rings (SSSR count). The molecule has 82 valence electrons. The van der Waals surface area contributed by atoms with Crippen LogP contribution in [0.25, 0.3) is 0 Å². The topological polar surface area (TPSA) is 37.3 Å². The molecule has 1 N–H and O–H groups in total. The number of rotatable bonds is 4. The van der Waals surface area contributed by atoms with Crippen LogP contribution in [-0.2, 0) is 0 Å². The van der Waals surface area contributed by atoms with Crippen molar-refractivity contribution in [1.82, 2.24) is 0 Å². The van der Waals surface area contributed by atoms with Crippen LogP contribution in [0.1, 0.15) is 24.2 Å². The molecule has 0 saturated carbocycles. The van der Waals surface area contributed by atoms with Crippen LogP contribution >= 0.6 is 23.4 Å². The maximum atomic E-state index is 10.7. The number of benzene rings is 1. The van der Waals surface area contributed by atoms with Crippen molar-refractivity contribution in [1.29, 1.82) is 0 Å². The summed E-state index contributed by atoms with van der Waals surface area (Å²) >= 11 is 7.53.